The van der Waals surface area contributed by atoms with Crippen molar-refractivity contribution >= 4 is 0 Å². The van der Waals surface area contributed by atoms with Crippen molar-refractivity contribution in [2.75, 3.05) is 39.8 Å². The third-order valence-electron chi connectivity index (χ3n) is 4.01. The van der Waals surface area contributed by atoms with Crippen LogP contribution < -0.4 is 10.1 Å². The van der Waals surface area contributed by atoms with Crippen LogP contribution in [0.3, 0.4) is 0 Å². The number of hydrogen-bond donors (Lipinski definition) is 1. The fourth-order valence-electron chi connectivity index (χ4n) is 2.69. The third kappa shape index (κ3) is 4.76. The van der Waals surface area contributed by atoms with E-state index in [0.29, 0.717) is 12.4 Å². The smallest absolute Gasteiger partial charge is 0.165 e. The van der Waals surface area contributed by atoms with Crippen molar-refractivity contribution in [3.8, 4) is 5.75 Å². The van der Waals surface area contributed by atoms with Gasteiger partial charge in [0.05, 0.1) is 0 Å². The van der Waals surface area contributed by atoms with Crippen molar-refractivity contribution in [2.45, 2.75) is 19.3 Å². The number of hydrogen-bond acceptors (Lipinski definition) is 3. The van der Waals surface area contributed by atoms with E-state index in [4.69, 9.17) is 4.74 Å². The Morgan fingerprint density at radius 1 is 1.30 bits per heavy atom. The summed E-state index contributed by atoms with van der Waals surface area (Å²) in [6, 6.07) is 6.59. The Morgan fingerprint density at radius 3 is 2.75 bits per heavy atom. The molecular formula is C16H25FN2O. The average Bonchev–Trinajstić information content (AvgIpc) is 2.48. The van der Waals surface area contributed by atoms with E-state index in [2.05, 4.69) is 10.2 Å². The molecule has 3 nitrogen and oxygen atoms in total. The van der Waals surface area contributed by atoms with E-state index in [9.17, 15) is 4.39 Å². The molecule has 0 saturated carbocycles. The van der Waals surface area contributed by atoms with Gasteiger partial charge in [-0.15, -0.1) is 0 Å². The number of piperidine rings is 1. The minimum Gasteiger partial charge on any atom is -0.489 e. The van der Waals surface area contributed by atoms with Gasteiger partial charge in [0.2, 0.25) is 0 Å². The highest BCUT2D eigenvalue weighted by Gasteiger charge is 2.18. The zero-order valence-corrected chi connectivity index (χ0v) is 12.3. The zero-order chi connectivity index (χ0) is 14.2. The molecular weight excluding hydrogens is 255 g/mol. The lowest BCUT2D eigenvalue weighted by molar-refractivity contribution is 0.150. The summed E-state index contributed by atoms with van der Waals surface area (Å²) < 4.78 is 18.9. The molecule has 0 spiro atoms. The Kier molecular flexibility index (Phi) is 6.27. The Morgan fingerprint density at radius 2 is 2.05 bits per heavy atom. The van der Waals surface area contributed by atoms with Gasteiger partial charge in [-0.2, -0.15) is 0 Å². The normalized spacial score (nSPS) is 17.3. The maximum Gasteiger partial charge on any atom is 0.165 e. The van der Waals surface area contributed by atoms with Crippen molar-refractivity contribution in [1.82, 2.24) is 10.2 Å². The van der Waals surface area contributed by atoms with Crippen LogP contribution in [-0.4, -0.2) is 44.7 Å². The summed E-state index contributed by atoms with van der Waals surface area (Å²) in [6.45, 7) is 4.82. The molecule has 112 valence electrons. The van der Waals surface area contributed by atoms with Gasteiger partial charge in [0.15, 0.2) is 11.6 Å². The molecule has 0 bridgehead atoms. The molecule has 0 unspecified atom stereocenters. The molecule has 1 fully saturated rings. The second-order valence-electron chi connectivity index (χ2n) is 5.46. The third-order valence-corrected chi connectivity index (χ3v) is 4.01. The Hall–Kier alpha value is -1.13. The molecule has 1 heterocycles. The summed E-state index contributed by atoms with van der Waals surface area (Å²) >= 11 is 0. The largest absolute Gasteiger partial charge is 0.489 e. The maximum atomic E-state index is 13.4. The van der Waals surface area contributed by atoms with E-state index in [1.165, 1.54) is 25.3 Å². The molecule has 4 heteroatoms. The van der Waals surface area contributed by atoms with Gasteiger partial charge in [-0.1, -0.05) is 12.1 Å². The quantitative estimate of drug-likeness (QED) is 0.830. The molecule has 1 aromatic rings. The summed E-state index contributed by atoms with van der Waals surface area (Å²) in [5, 5.41) is 3.21. The van der Waals surface area contributed by atoms with Gasteiger partial charge in [-0.05, 0) is 64.0 Å². The number of ether oxygens (including phenoxy) is 1. The van der Waals surface area contributed by atoms with Crippen LogP contribution in [0.25, 0.3) is 0 Å². The Labute approximate surface area is 121 Å². The molecule has 0 atom stereocenters. The first-order valence-electron chi connectivity index (χ1n) is 7.54. The van der Waals surface area contributed by atoms with Crippen LogP contribution in [0.4, 0.5) is 4.39 Å². The van der Waals surface area contributed by atoms with E-state index in [0.717, 1.165) is 32.1 Å². The van der Waals surface area contributed by atoms with Gasteiger partial charge in [0, 0.05) is 6.54 Å². The van der Waals surface area contributed by atoms with Crippen molar-refractivity contribution in [2.24, 2.45) is 5.92 Å². The van der Waals surface area contributed by atoms with Gasteiger partial charge >= 0.3 is 0 Å². The molecule has 1 saturated heterocycles. The lowest BCUT2D eigenvalue weighted by Gasteiger charge is -2.31. The second-order valence-corrected chi connectivity index (χ2v) is 5.46. The van der Waals surface area contributed by atoms with E-state index in [-0.39, 0.29) is 5.82 Å². The van der Waals surface area contributed by atoms with Gasteiger partial charge in [-0.3, -0.25) is 4.90 Å². The van der Waals surface area contributed by atoms with Crippen LogP contribution in [0, 0.1) is 11.7 Å². The highest BCUT2D eigenvalue weighted by Crippen LogP contribution is 2.20. The van der Waals surface area contributed by atoms with E-state index < -0.39 is 0 Å². The van der Waals surface area contributed by atoms with Crippen LogP contribution in [0.5, 0.6) is 5.75 Å². The summed E-state index contributed by atoms with van der Waals surface area (Å²) in [6.07, 6.45) is 3.80. The zero-order valence-electron chi connectivity index (χ0n) is 12.3. The molecule has 1 aliphatic heterocycles. The predicted molar refractivity (Wildman–Crippen MR) is 79.6 cm³/mol. The van der Waals surface area contributed by atoms with Gasteiger partial charge < -0.3 is 10.1 Å². The van der Waals surface area contributed by atoms with Crippen molar-refractivity contribution < 1.29 is 9.13 Å². The molecule has 0 amide bonds. The standard InChI is InChI=1S/C16H25FN2O/c1-18-9-6-14-7-10-19(11-8-14)12-13-20-16-5-3-2-4-15(16)17/h2-5,14,18H,6-13H2,1H3. The number of para-hydroxylation sites is 1. The SMILES string of the molecule is CNCCC1CCN(CCOc2ccccc2F)CC1. The number of nitrogens with one attached hydrogen (secondary N) is 1. The average molecular weight is 280 g/mol. The first-order valence-corrected chi connectivity index (χ1v) is 7.54. The fourth-order valence-corrected chi connectivity index (χ4v) is 2.69. The number of rotatable bonds is 7. The molecule has 1 N–H and O–H groups in total. The number of likely N-dealkylation sites (tertiary alicyclic amines) is 1. The minimum absolute atomic E-state index is 0.279. The first-order chi connectivity index (χ1) is 9.79. The predicted octanol–water partition coefficient (Wildman–Crippen LogP) is 2.53. The van der Waals surface area contributed by atoms with Crippen LogP contribution in [0.2, 0.25) is 0 Å². The van der Waals surface area contributed by atoms with Crippen LogP contribution in [-0.2, 0) is 0 Å². The summed E-state index contributed by atoms with van der Waals surface area (Å²) in [4.78, 5) is 2.41. The van der Waals surface area contributed by atoms with Crippen LogP contribution in [0.15, 0.2) is 24.3 Å². The van der Waals surface area contributed by atoms with Gasteiger partial charge in [-0.25, -0.2) is 4.39 Å². The molecule has 1 aromatic carbocycles. The van der Waals surface area contributed by atoms with Crippen molar-refractivity contribution in [3.63, 3.8) is 0 Å². The topological polar surface area (TPSA) is 24.5 Å². The molecule has 0 aliphatic carbocycles. The lowest BCUT2D eigenvalue weighted by Crippen LogP contribution is -2.37. The molecule has 1 aliphatic rings. The Balaban J connectivity index is 1.63. The number of benzene rings is 1. The molecule has 20 heavy (non-hydrogen) atoms. The minimum atomic E-state index is -0.279. The highest BCUT2D eigenvalue weighted by molar-refractivity contribution is 5.23. The number of nitrogens with zero attached hydrogens (tertiary/aromatic N) is 1. The second kappa shape index (κ2) is 8.22. The maximum absolute atomic E-state index is 13.4. The summed E-state index contributed by atoms with van der Waals surface area (Å²) in [5.74, 6) is 0.931. The van der Waals surface area contributed by atoms with Gasteiger partial charge in [0.1, 0.15) is 6.61 Å². The van der Waals surface area contributed by atoms with Crippen LogP contribution in [0.1, 0.15) is 19.3 Å². The number of halogens is 1. The fraction of sp³-hybridized carbons (Fsp3) is 0.625. The van der Waals surface area contributed by atoms with Crippen molar-refractivity contribution in [1.29, 1.82) is 0 Å². The molecule has 0 aromatic heterocycles. The first kappa shape index (κ1) is 15.3. The lowest BCUT2D eigenvalue weighted by atomic mass is 9.93. The van der Waals surface area contributed by atoms with E-state index in [1.807, 2.05) is 7.05 Å². The van der Waals surface area contributed by atoms with Crippen LogP contribution >= 0.6 is 0 Å². The summed E-state index contributed by atoms with van der Waals surface area (Å²) in [7, 11) is 2.01. The molecule has 2 rings (SSSR count). The highest BCUT2D eigenvalue weighted by atomic mass is 19.1. The van der Waals surface area contributed by atoms with Gasteiger partial charge in [0.25, 0.3) is 0 Å². The summed E-state index contributed by atoms with van der Waals surface area (Å²) in [5.41, 5.74) is 0. The monoisotopic (exact) mass is 280 g/mol. The Bertz CT molecular complexity index is 392. The van der Waals surface area contributed by atoms with E-state index >= 15 is 0 Å². The van der Waals surface area contributed by atoms with Crippen molar-refractivity contribution in [3.05, 3.63) is 30.1 Å². The molecule has 0 radical (unpaired) electrons. The van der Waals surface area contributed by atoms with E-state index in [1.54, 1.807) is 18.2 Å².